The Morgan fingerprint density at radius 3 is 2.29 bits per heavy atom. The SMILES string of the molecule is CC.CCc1cc(OC(C)C)cc(C(N)=O)c1. The van der Waals surface area contributed by atoms with Crippen LogP contribution in [0.5, 0.6) is 5.75 Å². The number of carbonyl (C=O) groups excluding carboxylic acids is 1. The highest BCUT2D eigenvalue weighted by atomic mass is 16.5. The summed E-state index contributed by atoms with van der Waals surface area (Å²) < 4.78 is 5.54. The van der Waals surface area contributed by atoms with Crippen molar-refractivity contribution in [3.8, 4) is 5.75 Å². The van der Waals surface area contributed by atoms with Crippen molar-refractivity contribution in [2.45, 2.75) is 47.1 Å². The van der Waals surface area contributed by atoms with Gasteiger partial charge in [0.25, 0.3) is 0 Å². The van der Waals surface area contributed by atoms with E-state index in [1.54, 1.807) is 12.1 Å². The maximum absolute atomic E-state index is 11.1. The van der Waals surface area contributed by atoms with Crippen LogP contribution >= 0.6 is 0 Å². The van der Waals surface area contributed by atoms with Crippen LogP contribution in [0, 0.1) is 0 Å². The zero-order valence-corrected chi connectivity index (χ0v) is 11.4. The largest absolute Gasteiger partial charge is 0.491 e. The van der Waals surface area contributed by atoms with E-state index in [0.717, 1.165) is 12.0 Å². The second kappa shape index (κ2) is 7.71. The summed E-state index contributed by atoms with van der Waals surface area (Å²) in [6, 6.07) is 5.42. The lowest BCUT2D eigenvalue weighted by molar-refractivity contribution is 0.0999. The minimum atomic E-state index is -0.418. The normalized spacial score (nSPS) is 9.53. The number of carbonyl (C=O) groups is 1. The van der Waals surface area contributed by atoms with Crippen LogP contribution in [0.3, 0.4) is 0 Å². The van der Waals surface area contributed by atoms with E-state index in [-0.39, 0.29) is 6.10 Å². The molecule has 0 saturated heterocycles. The number of hydrogen-bond acceptors (Lipinski definition) is 2. The maximum Gasteiger partial charge on any atom is 0.248 e. The van der Waals surface area contributed by atoms with Crippen molar-refractivity contribution >= 4 is 5.91 Å². The first-order chi connectivity index (χ1) is 8.02. The number of aryl methyl sites for hydroxylation is 1. The average molecular weight is 237 g/mol. The van der Waals surface area contributed by atoms with Gasteiger partial charge in [0.2, 0.25) is 5.91 Å². The van der Waals surface area contributed by atoms with Crippen molar-refractivity contribution in [1.29, 1.82) is 0 Å². The van der Waals surface area contributed by atoms with Gasteiger partial charge in [0, 0.05) is 5.56 Å². The molecule has 1 rings (SSSR count). The predicted octanol–water partition coefficient (Wildman–Crippen LogP) is 3.16. The van der Waals surface area contributed by atoms with Gasteiger partial charge >= 0.3 is 0 Å². The molecule has 1 amide bonds. The molecular weight excluding hydrogens is 214 g/mol. The molecule has 0 atom stereocenters. The molecule has 0 bridgehead atoms. The fourth-order valence-corrected chi connectivity index (χ4v) is 1.35. The third kappa shape index (κ3) is 5.38. The summed E-state index contributed by atoms with van der Waals surface area (Å²) in [5, 5.41) is 0. The second-order valence-electron chi connectivity index (χ2n) is 3.75. The summed E-state index contributed by atoms with van der Waals surface area (Å²) in [5.41, 5.74) is 6.80. The predicted molar refractivity (Wildman–Crippen MR) is 71.4 cm³/mol. The van der Waals surface area contributed by atoms with Crippen molar-refractivity contribution in [3.63, 3.8) is 0 Å². The summed E-state index contributed by atoms with van der Waals surface area (Å²) in [7, 11) is 0. The molecule has 0 saturated carbocycles. The Morgan fingerprint density at radius 1 is 1.29 bits per heavy atom. The number of hydrogen-bond donors (Lipinski definition) is 1. The lowest BCUT2D eigenvalue weighted by Crippen LogP contribution is -2.12. The van der Waals surface area contributed by atoms with E-state index in [1.807, 2.05) is 40.7 Å². The molecule has 0 heterocycles. The standard InChI is InChI=1S/C12H17NO2.C2H6/c1-4-9-5-10(12(13)14)7-11(6-9)15-8(2)3;1-2/h5-8H,4H2,1-3H3,(H2,13,14);1-2H3. The van der Waals surface area contributed by atoms with Crippen LogP contribution in [-0.4, -0.2) is 12.0 Å². The van der Waals surface area contributed by atoms with Gasteiger partial charge in [-0.1, -0.05) is 20.8 Å². The van der Waals surface area contributed by atoms with Gasteiger partial charge in [0.05, 0.1) is 6.10 Å². The number of ether oxygens (including phenoxy) is 1. The molecule has 1 aromatic rings. The quantitative estimate of drug-likeness (QED) is 0.874. The molecule has 0 aliphatic carbocycles. The number of nitrogens with two attached hydrogens (primary N) is 1. The van der Waals surface area contributed by atoms with E-state index >= 15 is 0 Å². The van der Waals surface area contributed by atoms with E-state index in [2.05, 4.69) is 0 Å². The first-order valence-corrected chi connectivity index (χ1v) is 6.13. The third-order valence-electron chi connectivity index (χ3n) is 2.03. The Bertz CT molecular complexity index is 359. The average Bonchev–Trinajstić information content (AvgIpc) is 2.30. The summed E-state index contributed by atoms with van der Waals surface area (Å²) >= 11 is 0. The van der Waals surface area contributed by atoms with Crippen LogP contribution in [0.1, 0.15) is 50.5 Å². The molecular formula is C14H23NO2. The van der Waals surface area contributed by atoms with Gasteiger partial charge in [-0.25, -0.2) is 0 Å². The maximum atomic E-state index is 11.1. The molecule has 0 unspecified atom stereocenters. The van der Waals surface area contributed by atoms with Gasteiger partial charge in [-0.05, 0) is 44.0 Å². The molecule has 0 aromatic heterocycles. The van der Waals surface area contributed by atoms with Crippen molar-refractivity contribution in [2.75, 3.05) is 0 Å². The van der Waals surface area contributed by atoms with Gasteiger partial charge in [-0.15, -0.1) is 0 Å². The third-order valence-corrected chi connectivity index (χ3v) is 2.03. The minimum Gasteiger partial charge on any atom is -0.491 e. The smallest absolute Gasteiger partial charge is 0.248 e. The van der Waals surface area contributed by atoms with E-state index in [0.29, 0.717) is 11.3 Å². The summed E-state index contributed by atoms with van der Waals surface area (Å²) in [4.78, 5) is 11.1. The molecule has 96 valence electrons. The van der Waals surface area contributed by atoms with Gasteiger partial charge < -0.3 is 10.5 Å². The minimum absolute atomic E-state index is 0.0952. The van der Waals surface area contributed by atoms with E-state index < -0.39 is 5.91 Å². The summed E-state index contributed by atoms with van der Waals surface area (Å²) in [6.45, 7) is 9.92. The molecule has 0 aliphatic heterocycles. The highest BCUT2D eigenvalue weighted by molar-refractivity contribution is 5.93. The number of amides is 1. The Labute approximate surface area is 104 Å². The van der Waals surface area contributed by atoms with Crippen LogP contribution in [0.25, 0.3) is 0 Å². The van der Waals surface area contributed by atoms with Crippen LogP contribution in [0.4, 0.5) is 0 Å². The Balaban J connectivity index is 0.00000121. The van der Waals surface area contributed by atoms with Crippen LogP contribution in [0.2, 0.25) is 0 Å². The molecule has 0 fully saturated rings. The molecule has 17 heavy (non-hydrogen) atoms. The van der Waals surface area contributed by atoms with Gasteiger partial charge in [0.15, 0.2) is 0 Å². The molecule has 3 heteroatoms. The fraction of sp³-hybridized carbons (Fsp3) is 0.500. The molecule has 0 spiro atoms. The summed E-state index contributed by atoms with van der Waals surface area (Å²) in [5.74, 6) is 0.289. The van der Waals surface area contributed by atoms with Crippen molar-refractivity contribution in [3.05, 3.63) is 29.3 Å². The molecule has 1 aromatic carbocycles. The molecule has 0 aliphatic rings. The zero-order chi connectivity index (χ0) is 13.4. The molecule has 2 N–H and O–H groups in total. The zero-order valence-electron chi connectivity index (χ0n) is 11.4. The van der Waals surface area contributed by atoms with Crippen LogP contribution < -0.4 is 10.5 Å². The first kappa shape index (κ1) is 15.5. The number of primary amides is 1. The van der Waals surface area contributed by atoms with Crippen molar-refractivity contribution < 1.29 is 9.53 Å². The van der Waals surface area contributed by atoms with Gasteiger partial charge in [-0.2, -0.15) is 0 Å². The molecule has 0 radical (unpaired) electrons. The lowest BCUT2D eigenvalue weighted by atomic mass is 10.1. The Morgan fingerprint density at radius 2 is 1.88 bits per heavy atom. The second-order valence-corrected chi connectivity index (χ2v) is 3.75. The Hall–Kier alpha value is -1.51. The first-order valence-electron chi connectivity index (χ1n) is 6.13. The van der Waals surface area contributed by atoms with Crippen molar-refractivity contribution in [1.82, 2.24) is 0 Å². The number of rotatable bonds is 4. The number of benzene rings is 1. The summed E-state index contributed by atoms with van der Waals surface area (Å²) in [6.07, 6.45) is 0.952. The monoisotopic (exact) mass is 237 g/mol. The molecule has 3 nitrogen and oxygen atoms in total. The fourth-order valence-electron chi connectivity index (χ4n) is 1.35. The van der Waals surface area contributed by atoms with Crippen LogP contribution in [-0.2, 0) is 6.42 Å². The van der Waals surface area contributed by atoms with Crippen molar-refractivity contribution in [2.24, 2.45) is 5.73 Å². The van der Waals surface area contributed by atoms with Crippen LogP contribution in [0.15, 0.2) is 18.2 Å². The van der Waals surface area contributed by atoms with E-state index in [9.17, 15) is 4.79 Å². The van der Waals surface area contributed by atoms with E-state index in [1.165, 1.54) is 0 Å². The van der Waals surface area contributed by atoms with Gasteiger partial charge in [-0.3, -0.25) is 4.79 Å². The highest BCUT2D eigenvalue weighted by Crippen LogP contribution is 2.18. The van der Waals surface area contributed by atoms with E-state index in [4.69, 9.17) is 10.5 Å². The highest BCUT2D eigenvalue weighted by Gasteiger charge is 2.06. The van der Waals surface area contributed by atoms with Gasteiger partial charge in [0.1, 0.15) is 5.75 Å². The lowest BCUT2D eigenvalue weighted by Gasteiger charge is -2.11. The Kier molecular flexibility index (Phi) is 7.03. The topological polar surface area (TPSA) is 52.3 Å².